The van der Waals surface area contributed by atoms with Crippen molar-refractivity contribution in [3.8, 4) is 0 Å². The zero-order valence-corrected chi connectivity index (χ0v) is 14.8. The molecule has 23 heavy (non-hydrogen) atoms. The first kappa shape index (κ1) is 17.5. The lowest BCUT2D eigenvalue weighted by Gasteiger charge is -2.32. The Morgan fingerprint density at radius 1 is 1.52 bits per heavy atom. The number of nitrogens with one attached hydrogen (secondary N) is 2. The number of aliphatic imine (C=N–C) groups is 1. The first-order valence-electron chi connectivity index (χ1n) is 7.91. The third-order valence-electron chi connectivity index (χ3n) is 3.65. The topological polar surface area (TPSA) is 78.9 Å². The van der Waals surface area contributed by atoms with E-state index in [0.717, 1.165) is 30.4 Å². The third-order valence-corrected chi connectivity index (χ3v) is 4.55. The molecule has 8 heteroatoms. The third kappa shape index (κ3) is 5.38. The molecule has 0 aromatic carbocycles. The number of amides is 1. The van der Waals surface area contributed by atoms with Gasteiger partial charge < -0.3 is 20.3 Å². The number of aryl methyl sites for hydroxylation is 1. The highest BCUT2D eigenvalue weighted by atomic mass is 32.1. The molecule has 1 aliphatic rings. The van der Waals surface area contributed by atoms with Gasteiger partial charge in [-0.2, -0.15) is 0 Å². The van der Waals surface area contributed by atoms with Crippen LogP contribution in [0.3, 0.4) is 0 Å². The highest BCUT2D eigenvalue weighted by molar-refractivity contribution is 7.11. The number of thiazole rings is 1. The summed E-state index contributed by atoms with van der Waals surface area (Å²) in [6.07, 6.45) is 3.40. The average Bonchev–Trinajstić information content (AvgIpc) is 2.98. The van der Waals surface area contributed by atoms with Crippen LogP contribution >= 0.6 is 11.3 Å². The summed E-state index contributed by atoms with van der Waals surface area (Å²) < 4.78 is 4.76. The summed E-state index contributed by atoms with van der Waals surface area (Å²) in [5.41, 5.74) is 0. The lowest BCUT2D eigenvalue weighted by molar-refractivity contribution is 0.111. The van der Waals surface area contributed by atoms with Gasteiger partial charge in [-0.25, -0.2) is 14.8 Å². The summed E-state index contributed by atoms with van der Waals surface area (Å²) in [5.74, 6) is 0.803. The first-order valence-corrected chi connectivity index (χ1v) is 8.73. The zero-order valence-electron chi connectivity index (χ0n) is 14.0. The molecule has 1 aliphatic heterocycles. The van der Waals surface area contributed by atoms with Crippen molar-refractivity contribution in [2.45, 2.75) is 39.3 Å². The van der Waals surface area contributed by atoms with Crippen LogP contribution in [-0.2, 0) is 11.3 Å². The van der Waals surface area contributed by atoms with Crippen molar-refractivity contribution < 1.29 is 9.53 Å². The molecule has 1 amide bonds. The quantitative estimate of drug-likeness (QED) is 0.645. The van der Waals surface area contributed by atoms with Crippen LogP contribution < -0.4 is 10.6 Å². The first-order chi connectivity index (χ1) is 11.1. The highest BCUT2D eigenvalue weighted by Gasteiger charge is 2.23. The molecule has 0 aliphatic carbocycles. The van der Waals surface area contributed by atoms with E-state index in [-0.39, 0.29) is 6.09 Å². The van der Waals surface area contributed by atoms with Crippen LogP contribution in [0.2, 0.25) is 0 Å². The molecule has 7 nitrogen and oxygen atoms in total. The molecule has 0 bridgehead atoms. The fraction of sp³-hybridized carbons (Fsp3) is 0.667. The van der Waals surface area contributed by atoms with Gasteiger partial charge in [0.15, 0.2) is 5.96 Å². The van der Waals surface area contributed by atoms with Crippen molar-refractivity contribution in [3.63, 3.8) is 0 Å². The molecular weight excluding hydrogens is 314 g/mol. The fourth-order valence-corrected chi connectivity index (χ4v) is 3.18. The lowest BCUT2D eigenvalue weighted by atomic mass is 10.1. The van der Waals surface area contributed by atoms with E-state index in [2.05, 4.69) is 20.6 Å². The van der Waals surface area contributed by atoms with Gasteiger partial charge in [-0.3, -0.25) is 0 Å². The Hall–Kier alpha value is -1.83. The number of hydrogen-bond donors (Lipinski definition) is 2. The van der Waals surface area contributed by atoms with Gasteiger partial charge in [-0.15, -0.1) is 11.3 Å². The van der Waals surface area contributed by atoms with E-state index in [1.807, 2.05) is 20.0 Å². The van der Waals surface area contributed by atoms with Gasteiger partial charge in [0.1, 0.15) is 5.01 Å². The van der Waals surface area contributed by atoms with Crippen molar-refractivity contribution in [2.75, 3.05) is 26.7 Å². The molecule has 0 saturated carbocycles. The number of carbonyl (C=O) groups excluding carboxylic acids is 1. The molecule has 1 saturated heterocycles. The van der Waals surface area contributed by atoms with Gasteiger partial charge in [-0.05, 0) is 26.7 Å². The summed E-state index contributed by atoms with van der Waals surface area (Å²) in [6.45, 7) is 6.89. The summed E-state index contributed by atoms with van der Waals surface area (Å²) in [6, 6.07) is 0.312. The van der Waals surface area contributed by atoms with Crippen molar-refractivity contribution in [2.24, 2.45) is 4.99 Å². The van der Waals surface area contributed by atoms with Crippen LogP contribution in [-0.4, -0.2) is 54.7 Å². The van der Waals surface area contributed by atoms with E-state index in [4.69, 9.17) is 4.74 Å². The Morgan fingerprint density at radius 2 is 2.26 bits per heavy atom. The number of carbonyl (C=O) groups is 1. The van der Waals surface area contributed by atoms with Gasteiger partial charge in [0.25, 0.3) is 0 Å². The van der Waals surface area contributed by atoms with Crippen LogP contribution in [0.1, 0.15) is 29.7 Å². The van der Waals surface area contributed by atoms with E-state index in [0.29, 0.717) is 25.7 Å². The Balaban J connectivity index is 1.86. The molecule has 0 spiro atoms. The van der Waals surface area contributed by atoms with E-state index in [1.54, 1.807) is 16.2 Å². The molecule has 1 aromatic heterocycles. The molecule has 0 radical (unpaired) electrons. The van der Waals surface area contributed by atoms with Crippen molar-refractivity contribution in [1.82, 2.24) is 20.5 Å². The Labute approximate surface area is 141 Å². The number of aromatic nitrogens is 1. The minimum absolute atomic E-state index is 0.247. The molecule has 2 rings (SSSR count). The molecule has 2 N–H and O–H groups in total. The van der Waals surface area contributed by atoms with Crippen molar-refractivity contribution in [3.05, 3.63) is 16.1 Å². The number of nitrogens with zero attached hydrogens (tertiary/aromatic N) is 3. The maximum atomic E-state index is 11.5. The van der Waals surface area contributed by atoms with Crippen molar-refractivity contribution in [1.29, 1.82) is 0 Å². The number of guanidine groups is 1. The molecule has 1 fully saturated rings. The second kappa shape index (κ2) is 8.71. The maximum absolute atomic E-state index is 11.5. The number of methoxy groups -OCH3 is 1. The van der Waals surface area contributed by atoms with Gasteiger partial charge >= 0.3 is 6.09 Å². The molecule has 1 aromatic rings. The van der Waals surface area contributed by atoms with Crippen molar-refractivity contribution >= 4 is 23.4 Å². The van der Waals surface area contributed by atoms with Crippen LogP contribution in [0.5, 0.6) is 0 Å². The molecule has 0 atom stereocenters. The van der Waals surface area contributed by atoms with E-state index >= 15 is 0 Å². The predicted molar refractivity (Wildman–Crippen MR) is 91.8 cm³/mol. The van der Waals surface area contributed by atoms with E-state index < -0.39 is 0 Å². The van der Waals surface area contributed by atoms with Crippen LogP contribution in [0.4, 0.5) is 4.79 Å². The molecule has 2 heterocycles. The van der Waals surface area contributed by atoms with E-state index in [1.165, 1.54) is 12.0 Å². The Bertz CT molecular complexity index is 538. The second-order valence-corrected chi connectivity index (χ2v) is 6.75. The predicted octanol–water partition coefficient (Wildman–Crippen LogP) is 1.74. The largest absolute Gasteiger partial charge is 0.453 e. The number of ether oxygens (including phenoxy) is 1. The van der Waals surface area contributed by atoms with Crippen LogP contribution in [0, 0.1) is 6.92 Å². The number of rotatable bonds is 4. The summed E-state index contributed by atoms with van der Waals surface area (Å²) in [4.78, 5) is 23.4. The minimum Gasteiger partial charge on any atom is -0.453 e. The Morgan fingerprint density at radius 3 is 2.83 bits per heavy atom. The van der Waals surface area contributed by atoms with Crippen LogP contribution in [0.15, 0.2) is 11.2 Å². The number of piperidine rings is 1. The fourth-order valence-electron chi connectivity index (χ4n) is 2.47. The summed E-state index contributed by atoms with van der Waals surface area (Å²) in [7, 11) is 1.42. The highest BCUT2D eigenvalue weighted by Crippen LogP contribution is 2.13. The summed E-state index contributed by atoms with van der Waals surface area (Å²) >= 11 is 1.67. The van der Waals surface area contributed by atoms with Gasteiger partial charge in [0.05, 0.1) is 13.7 Å². The normalized spacial score (nSPS) is 16.3. The van der Waals surface area contributed by atoms with Gasteiger partial charge in [0, 0.05) is 36.8 Å². The number of hydrogen-bond acceptors (Lipinski definition) is 5. The van der Waals surface area contributed by atoms with Gasteiger partial charge in [0.2, 0.25) is 0 Å². The van der Waals surface area contributed by atoms with Crippen LogP contribution in [0.25, 0.3) is 0 Å². The average molecular weight is 339 g/mol. The monoisotopic (exact) mass is 339 g/mol. The zero-order chi connectivity index (χ0) is 16.7. The molecule has 128 valence electrons. The Kier molecular flexibility index (Phi) is 6.64. The maximum Gasteiger partial charge on any atom is 0.409 e. The van der Waals surface area contributed by atoms with E-state index in [9.17, 15) is 4.79 Å². The van der Waals surface area contributed by atoms with Gasteiger partial charge in [-0.1, -0.05) is 0 Å². The SMILES string of the molecule is CCNC(=NCc1ncc(C)s1)NC1CCN(C(=O)OC)CC1. The molecule has 0 unspecified atom stereocenters. The second-order valence-electron chi connectivity index (χ2n) is 5.44. The smallest absolute Gasteiger partial charge is 0.409 e. The summed E-state index contributed by atoms with van der Waals surface area (Å²) in [5, 5.41) is 7.73. The molecular formula is C15H25N5O2S. The lowest BCUT2D eigenvalue weighted by Crippen LogP contribution is -2.49. The number of likely N-dealkylation sites (tertiary alicyclic amines) is 1. The standard InChI is InChI=1S/C15H25N5O2S/c1-4-16-14(18-10-13-17-9-11(2)23-13)19-12-5-7-20(8-6-12)15(21)22-3/h9,12H,4-8,10H2,1-3H3,(H2,16,18,19). The minimum atomic E-state index is -0.247.